The third kappa shape index (κ3) is 7.72. The molecule has 0 unspecified atom stereocenters. The maximum Gasteiger partial charge on any atom is 0.329 e. The first-order valence-corrected chi connectivity index (χ1v) is 6.98. The first-order chi connectivity index (χ1) is 11.0. The normalized spacial score (nSPS) is 10.8. The minimum Gasteiger partial charge on any atom is -0.383 e. The number of hydrogen-bond donors (Lipinski definition) is 3. The Morgan fingerprint density at radius 2 is 1.83 bits per heavy atom. The Kier molecular flexibility index (Phi) is 8.01. The molecule has 0 radical (unpaired) electrons. The monoisotopic (exact) mass is 320 g/mol. The second-order valence-corrected chi connectivity index (χ2v) is 4.63. The van der Waals surface area contributed by atoms with Crippen molar-refractivity contribution in [2.75, 3.05) is 25.6 Å². The molecule has 3 N–H and O–H groups in total. The van der Waals surface area contributed by atoms with Crippen LogP contribution in [0, 0.1) is 0 Å². The van der Waals surface area contributed by atoms with E-state index < -0.39 is 11.8 Å². The van der Waals surface area contributed by atoms with E-state index in [9.17, 15) is 14.4 Å². The summed E-state index contributed by atoms with van der Waals surface area (Å²) in [6.45, 7) is 2.11. The standard InChI is InChI=1S/C15H20N4O4/c1-11(10-13(20)17-12-6-4-3-5-7-12)18-19-15(22)14(21)16-8-9-23-2/h3-7H,8-10H2,1-2H3,(H,16,21)(H,17,20)(H,19,22)/b18-11-. The fraction of sp³-hybridized carbons (Fsp3) is 0.333. The Labute approximate surface area is 134 Å². The summed E-state index contributed by atoms with van der Waals surface area (Å²) in [5.41, 5.74) is 3.14. The molecular weight excluding hydrogens is 300 g/mol. The lowest BCUT2D eigenvalue weighted by Gasteiger charge is -2.05. The minimum absolute atomic E-state index is 0.000464. The molecule has 0 aliphatic carbocycles. The maximum atomic E-state index is 11.8. The molecule has 0 atom stereocenters. The van der Waals surface area contributed by atoms with E-state index in [4.69, 9.17) is 4.74 Å². The molecular formula is C15H20N4O4. The molecule has 1 rings (SSSR count). The van der Waals surface area contributed by atoms with Crippen molar-refractivity contribution >= 4 is 29.1 Å². The van der Waals surface area contributed by atoms with Gasteiger partial charge in [0.15, 0.2) is 0 Å². The number of benzene rings is 1. The number of hydrogen-bond acceptors (Lipinski definition) is 5. The number of hydrazone groups is 1. The number of rotatable bonds is 7. The van der Waals surface area contributed by atoms with Gasteiger partial charge in [0.2, 0.25) is 5.91 Å². The minimum atomic E-state index is -0.899. The number of anilines is 1. The molecule has 0 aliphatic heterocycles. The summed E-state index contributed by atoms with van der Waals surface area (Å²) in [6.07, 6.45) is 0.000464. The average Bonchev–Trinajstić information content (AvgIpc) is 2.53. The van der Waals surface area contributed by atoms with Gasteiger partial charge in [-0.2, -0.15) is 5.10 Å². The summed E-state index contributed by atoms with van der Waals surface area (Å²) in [5, 5.41) is 8.77. The largest absolute Gasteiger partial charge is 0.383 e. The molecule has 3 amide bonds. The van der Waals surface area contributed by atoms with E-state index in [0.717, 1.165) is 0 Å². The average molecular weight is 320 g/mol. The number of nitrogens with zero attached hydrogens (tertiary/aromatic N) is 1. The number of para-hydroxylation sites is 1. The van der Waals surface area contributed by atoms with Crippen LogP contribution in [0.25, 0.3) is 0 Å². The Bertz CT molecular complexity index is 572. The van der Waals surface area contributed by atoms with Gasteiger partial charge in [-0.05, 0) is 19.1 Å². The number of amides is 3. The van der Waals surface area contributed by atoms with Gasteiger partial charge in [0.05, 0.1) is 13.0 Å². The lowest BCUT2D eigenvalue weighted by molar-refractivity contribution is -0.139. The Morgan fingerprint density at radius 1 is 1.13 bits per heavy atom. The first-order valence-electron chi connectivity index (χ1n) is 6.98. The van der Waals surface area contributed by atoms with Crippen LogP contribution in [0.3, 0.4) is 0 Å². The highest BCUT2D eigenvalue weighted by Gasteiger charge is 2.12. The number of methoxy groups -OCH3 is 1. The molecule has 8 nitrogen and oxygen atoms in total. The van der Waals surface area contributed by atoms with Gasteiger partial charge in [0.25, 0.3) is 0 Å². The molecule has 0 saturated heterocycles. The quantitative estimate of drug-likeness (QED) is 0.290. The Balaban J connectivity index is 2.37. The molecule has 0 fully saturated rings. The third-order valence-corrected chi connectivity index (χ3v) is 2.62. The molecule has 23 heavy (non-hydrogen) atoms. The second kappa shape index (κ2) is 10.1. The predicted octanol–water partition coefficient (Wildman–Crippen LogP) is 0.270. The topological polar surface area (TPSA) is 109 Å². The zero-order valence-corrected chi connectivity index (χ0v) is 13.1. The molecule has 0 aromatic heterocycles. The van der Waals surface area contributed by atoms with Crippen molar-refractivity contribution in [1.82, 2.24) is 10.7 Å². The van der Waals surface area contributed by atoms with Crippen LogP contribution in [0.1, 0.15) is 13.3 Å². The van der Waals surface area contributed by atoms with Gasteiger partial charge < -0.3 is 15.4 Å². The fourth-order valence-corrected chi connectivity index (χ4v) is 1.54. The van der Waals surface area contributed by atoms with Crippen LogP contribution >= 0.6 is 0 Å². The summed E-state index contributed by atoms with van der Waals surface area (Å²) >= 11 is 0. The molecule has 8 heteroatoms. The number of carbonyl (C=O) groups excluding carboxylic acids is 3. The molecule has 0 spiro atoms. The van der Waals surface area contributed by atoms with Gasteiger partial charge in [0.1, 0.15) is 0 Å². The van der Waals surface area contributed by atoms with Crippen LogP contribution in [-0.2, 0) is 19.1 Å². The van der Waals surface area contributed by atoms with Gasteiger partial charge in [-0.25, -0.2) is 5.43 Å². The predicted molar refractivity (Wildman–Crippen MR) is 85.8 cm³/mol. The third-order valence-electron chi connectivity index (χ3n) is 2.62. The molecule has 0 heterocycles. The van der Waals surface area contributed by atoms with Crippen LogP contribution < -0.4 is 16.1 Å². The van der Waals surface area contributed by atoms with Crippen molar-refractivity contribution < 1.29 is 19.1 Å². The summed E-state index contributed by atoms with van der Waals surface area (Å²) in [5.74, 6) is -1.98. The highest BCUT2D eigenvalue weighted by molar-refractivity contribution is 6.35. The highest BCUT2D eigenvalue weighted by Crippen LogP contribution is 2.05. The van der Waals surface area contributed by atoms with Crippen molar-refractivity contribution in [3.05, 3.63) is 30.3 Å². The van der Waals surface area contributed by atoms with Crippen molar-refractivity contribution in [2.45, 2.75) is 13.3 Å². The molecule has 0 bridgehead atoms. The maximum absolute atomic E-state index is 11.8. The van der Waals surface area contributed by atoms with Gasteiger partial charge in [0, 0.05) is 25.1 Å². The molecule has 1 aromatic rings. The lowest BCUT2D eigenvalue weighted by Crippen LogP contribution is -2.39. The Morgan fingerprint density at radius 3 is 2.48 bits per heavy atom. The molecule has 0 aliphatic rings. The van der Waals surface area contributed by atoms with Crippen LogP contribution in [0.2, 0.25) is 0 Å². The number of carbonyl (C=O) groups is 3. The van der Waals surface area contributed by atoms with Gasteiger partial charge >= 0.3 is 11.8 Å². The van der Waals surface area contributed by atoms with E-state index in [2.05, 4.69) is 21.2 Å². The van der Waals surface area contributed by atoms with E-state index >= 15 is 0 Å². The van der Waals surface area contributed by atoms with Crippen LogP contribution in [0.4, 0.5) is 5.69 Å². The summed E-state index contributed by atoms with van der Waals surface area (Å²) < 4.78 is 4.74. The smallest absolute Gasteiger partial charge is 0.329 e. The lowest BCUT2D eigenvalue weighted by atomic mass is 10.2. The summed E-state index contributed by atoms with van der Waals surface area (Å²) in [6, 6.07) is 8.97. The zero-order chi connectivity index (χ0) is 17.1. The SMILES string of the molecule is COCCNC(=O)C(=O)N/N=C(/C)CC(=O)Nc1ccccc1. The molecule has 124 valence electrons. The van der Waals surface area contributed by atoms with Crippen molar-refractivity contribution in [3.63, 3.8) is 0 Å². The van der Waals surface area contributed by atoms with Gasteiger partial charge in [-0.15, -0.1) is 0 Å². The van der Waals surface area contributed by atoms with Crippen LogP contribution in [0.5, 0.6) is 0 Å². The fourth-order valence-electron chi connectivity index (χ4n) is 1.54. The van der Waals surface area contributed by atoms with Crippen LogP contribution in [0.15, 0.2) is 35.4 Å². The molecule has 1 aromatic carbocycles. The first kappa shape index (κ1) is 18.3. The summed E-state index contributed by atoms with van der Waals surface area (Å²) in [4.78, 5) is 34.6. The zero-order valence-electron chi connectivity index (χ0n) is 13.1. The van der Waals surface area contributed by atoms with E-state index in [1.807, 2.05) is 6.07 Å². The van der Waals surface area contributed by atoms with Crippen molar-refractivity contribution in [3.8, 4) is 0 Å². The van der Waals surface area contributed by atoms with Gasteiger partial charge in [-0.1, -0.05) is 18.2 Å². The van der Waals surface area contributed by atoms with Crippen LogP contribution in [-0.4, -0.2) is 43.7 Å². The Hall–Kier alpha value is -2.74. The van der Waals surface area contributed by atoms with Gasteiger partial charge in [-0.3, -0.25) is 14.4 Å². The highest BCUT2D eigenvalue weighted by atomic mass is 16.5. The summed E-state index contributed by atoms with van der Waals surface area (Å²) in [7, 11) is 1.49. The number of nitrogens with one attached hydrogen (secondary N) is 3. The van der Waals surface area contributed by atoms with Crippen molar-refractivity contribution in [2.24, 2.45) is 5.10 Å². The van der Waals surface area contributed by atoms with E-state index in [-0.39, 0.29) is 18.9 Å². The van der Waals surface area contributed by atoms with Crippen molar-refractivity contribution in [1.29, 1.82) is 0 Å². The van der Waals surface area contributed by atoms with E-state index in [0.29, 0.717) is 18.0 Å². The van der Waals surface area contributed by atoms with E-state index in [1.165, 1.54) is 7.11 Å². The molecule has 0 saturated carbocycles. The second-order valence-electron chi connectivity index (χ2n) is 4.63. The van der Waals surface area contributed by atoms with E-state index in [1.54, 1.807) is 31.2 Å². The number of ether oxygens (including phenoxy) is 1.